The Labute approximate surface area is 197 Å². The summed E-state index contributed by atoms with van der Waals surface area (Å²) in [6.07, 6.45) is 4.59. The van der Waals surface area contributed by atoms with Gasteiger partial charge in [0.15, 0.2) is 0 Å². The maximum Gasteiger partial charge on any atom is 0.228 e. The number of nitrogens with zero attached hydrogens (tertiary/aromatic N) is 4. The minimum atomic E-state index is -0.244. The Kier molecular flexibility index (Phi) is 7.01. The van der Waals surface area contributed by atoms with Crippen LogP contribution in [0.25, 0.3) is 0 Å². The molecule has 2 saturated heterocycles. The van der Waals surface area contributed by atoms with E-state index in [1.165, 1.54) is 16.8 Å². The fourth-order valence-electron chi connectivity index (χ4n) is 5.26. The first-order valence-electron chi connectivity index (χ1n) is 12.2. The van der Waals surface area contributed by atoms with Crippen molar-refractivity contribution < 1.29 is 9.59 Å². The second-order valence-corrected chi connectivity index (χ2v) is 9.85. The van der Waals surface area contributed by atoms with Crippen molar-refractivity contribution in [2.45, 2.75) is 46.6 Å². The Hall–Kier alpha value is -2.89. The fraction of sp³-hybridized carbons (Fsp3) is 0.519. The minimum Gasteiger partial charge on any atom is -0.368 e. The van der Waals surface area contributed by atoms with E-state index in [4.69, 9.17) is 0 Å². The molecule has 0 N–H and O–H groups in total. The van der Waals surface area contributed by atoms with Crippen LogP contribution in [0.15, 0.2) is 42.7 Å². The highest BCUT2D eigenvalue weighted by molar-refractivity contribution is 5.85. The number of carbonyl (C=O) groups is 2. The Balaban J connectivity index is 1.52. The van der Waals surface area contributed by atoms with Gasteiger partial charge in [0.2, 0.25) is 11.8 Å². The Morgan fingerprint density at radius 1 is 1.09 bits per heavy atom. The van der Waals surface area contributed by atoms with Crippen molar-refractivity contribution >= 4 is 17.5 Å². The molecule has 3 heterocycles. The number of amides is 2. The first-order chi connectivity index (χ1) is 15.9. The van der Waals surface area contributed by atoms with Crippen molar-refractivity contribution in [1.29, 1.82) is 0 Å². The van der Waals surface area contributed by atoms with Crippen molar-refractivity contribution in [3.63, 3.8) is 0 Å². The van der Waals surface area contributed by atoms with Gasteiger partial charge in [-0.05, 0) is 55.0 Å². The van der Waals surface area contributed by atoms with Crippen LogP contribution >= 0.6 is 0 Å². The molecule has 0 saturated carbocycles. The monoisotopic (exact) mass is 448 g/mol. The predicted molar refractivity (Wildman–Crippen MR) is 131 cm³/mol. The number of pyridine rings is 1. The van der Waals surface area contributed by atoms with Gasteiger partial charge in [0.1, 0.15) is 0 Å². The van der Waals surface area contributed by atoms with Crippen LogP contribution < -0.4 is 4.90 Å². The second kappa shape index (κ2) is 9.94. The molecule has 33 heavy (non-hydrogen) atoms. The molecule has 6 nitrogen and oxygen atoms in total. The highest BCUT2D eigenvalue weighted by Gasteiger charge is 2.42. The quantitative estimate of drug-likeness (QED) is 0.694. The van der Waals surface area contributed by atoms with Gasteiger partial charge in [-0.25, -0.2) is 0 Å². The molecule has 2 aliphatic heterocycles. The van der Waals surface area contributed by atoms with Crippen molar-refractivity contribution in [3.05, 3.63) is 59.4 Å². The van der Waals surface area contributed by atoms with Gasteiger partial charge in [-0.1, -0.05) is 32.0 Å². The standard InChI is InChI=1S/C27H36N4O2/c1-19(2)18-31-25(32)11-10-23(26(31)22-8-6-12-28-17-22)27(33)30-15-13-29(14-16-30)24-9-5-7-20(3)21(24)4/h5-9,12,17,19,23,26H,10-11,13-16,18H2,1-4H3/t23-,26+/m1/s1. The molecule has 4 rings (SSSR count). The molecule has 2 aromatic rings. The summed E-state index contributed by atoms with van der Waals surface area (Å²) in [5.74, 6) is 0.424. The van der Waals surface area contributed by atoms with E-state index in [2.05, 4.69) is 55.8 Å². The molecular formula is C27H36N4O2. The van der Waals surface area contributed by atoms with Gasteiger partial charge in [-0.2, -0.15) is 0 Å². The van der Waals surface area contributed by atoms with E-state index < -0.39 is 0 Å². The molecule has 0 spiro atoms. The molecule has 0 bridgehead atoms. The number of aromatic nitrogens is 1. The summed E-state index contributed by atoms with van der Waals surface area (Å²) >= 11 is 0. The summed E-state index contributed by atoms with van der Waals surface area (Å²) in [7, 11) is 0. The van der Waals surface area contributed by atoms with Crippen molar-refractivity contribution in [3.8, 4) is 0 Å². The zero-order chi connectivity index (χ0) is 23.5. The van der Waals surface area contributed by atoms with E-state index in [1.54, 1.807) is 6.20 Å². The molecule has 176 valence electrons. The van der Waals surface area contributed by atoms with E-state index in [0.717, 1.165) is 18.7 Å². The van der Waals surface area contributed by atoms with Crippen LogP contribution in [-0.2, 0) is 9.59 Å². The van der Waals surface area contributed by atoms with Gasteiger partial charge in [-0.15, -0.1) is 0 Å². The Morgan fingerprint density at radius 2 is 1.85 bits per heavy atom. The summed E-state index contributed by atoms with van der Waals surface area (Å²) in [5.41, 5.74) is 4.83. The largest absolute Gasteiger partial charge is 0.368 e. The van der Waals surface area contributed by atoms with Crippen LogP contribution in [0, 0.1) is 25.7 Å². The molecule has 2 aliphatic rings. The Morgan fingerprint density at radius 3 is 2.52 bits per heavy atom. The van der Waals surface area contributed by atoms with E-state index in [1.807, 2.05) is 28.1 Å². The van der Waals surface area contributed by atoms with E-state index in [-0.39, 0.29) is 23.8 Å². The maximum atomic E-state index is 13.8. The number of piperidine rings is 1. The van der Waals surface area contributed by atoms with Crippen LogP contribution in [0.5, 0.6) is 0 Å². The normalized spacial score (nSPS) is 21.6. The highest BCUT2D eigenvalue weighted by atomic mass is 16.2. The third kappa shape index (κ3) is 4.90. The first kappa shape index (κ1) is 23.3. The number of hydrogen-bond acceptors (Lipinski definition) is 4. The van der Waals surface area contributed by atoms with Crippen LogP contribution in [-0.4, -0.2) is 59.3 Å². The molecule has 2 amide bonds. The summed E-state index contributed by atoms with van der Waals surface area (Å²) in [5, 5.41) is 0. The number of aryl methyl sites for hydroxylation is 1. The molecule has 0 radical (unpaired) electrons. The number of benzene rings is 1. The van der Waals surface area contributed by atoms with Gasteiger partial charge >= 0.3 is 0 Å². The van der Waals surface area contributed by atoms with Crippen LogP contribution in [0.4, 0.5) is 5.69 Å². The predicted octanol–water partition coefficient (Wildman–Crippen LogP) is 3.98. The van der Waals surface area contributed by atoms with E-state index in [9.17, 15) is 9.59 Å². The third-order valence-electron chi connectivity index (χ3n) is 7.12. The lowest BCUT2D eigenvalue weighted by Crippen LogP contribution is -2.54. The molecule has 0 aliphatic carbocycles. The molecule has 2 atom stereocenters. The van der Waals surface area contributed by atoms with Crippen molar-refractivity contribution in [2.75, 3.05) is 37.6 Å². The average Bonchev–Trinajstić information content (AvgIpc) is 2.82. The molecular weight excluding hydrogens is 412 g/mol. The smallest absolute Gasteiger partial charge is 0.228 e. The lowest BCUT2D eigenvalue weighted by atomic mass is 9.83. The molecule has 2 fully saturated rings. The van der Waals surface area contributed by atoms with Gasteiger partial charge in [0, 0.05) is 57.2 Å². The summed E-state index contributed by atoms with van der Waals surface area (Å²) in [6, 6.07) is 10.1. The number of piperazine rings is 1. The van der Waals surface area contributed by atoms with E-state index in [0.29, 0.717) is 38.4 Å². The van der Waals surface area contributed by atoms with Gasteiger partial charge in [0.25, 0.3) is 0 Å². The third-order valence-corrected chi connectivity index (χ3v) is 7.12. The Bertz CT molecular complexity index is 983. The lowest BCUT2D eigenvalue weighted by Gasteiger charge is -2.44. The van der Waals surface area contributed by atoms with Crippen LogP contribution in [0.3, 0.4) is 0 Å². The topological polar surface area (TPSA) is 56.8 Å². The number of carbonyl (C=O) groups excluding carboxylic acids is 2. The fourth-order valence-corrected chi connectivity index (χ4v) is 5.26. The van der Waals surface area contributed by atoms with E-state index >= 15 is 0 Å². The summed E-state index contributed by atoms with van der Waals surface area (Å²) in [4.78, 5) is 37.3. The van der Waals surface area contributed by atoms with Crippen molar-refractivity contribution in [2.24, 2.45) is 11.8 Å². The molecule has 6 heteroatoms. The zero-order valence-corrected chi connectivity index (χ0v) is 20.3. The molecule has 0 unspecified atom stereocenters. The van der Waals surface area contributed by atoms with Crippen molar-refractivity contribution in [1.82, 2.24) is 14.8 Å². The molecule has 1 aromatic heterocycles. The lowest BCUT2D eigenvalue weighted by molar-refractivity contribution is -0.148. The van der Waals surface area contributed by atoms with Crippen LogP contribution in [0.2, 0.25) is 0 Å². The average molecular weight is 449 g/mol. The number of hydrogen-bond donors (Lipinski definition) is 0. The second-order valence-electron chi connectivity index (χ2n) is 9.85. The number of rotatable bonds is 5. The maximum absolute atomic E-state index is 13.8. The molecule has 1 aromatic carbocycles. The highest BCUT2D eigenvalue weighted by Crippen LogP contribution is 2.38. The first-order valence-corrected chi connectivity index (χ1v) is 12.2. The number of anilines is 1. The SMILES string of the molecule is Cc1cccc(N2CCN(C(=O)[C@@H]3CCC(=O)N(CC(C)C)[C@H]3c3cccnc3)CC2)c1C. The zero-order valence-electron chi connectivity index (χ0n) is 20.3. The number of likely N-dealkylation sites (tertiary alicyclic amines) is 1. The summed E-state index contributed by atoms with van der Waals surface area (Å²) in [6.45, 7) is 12.3. The van der Waals surface area contributed by atoms with Gasteiger partial charge < -0.3 is 14.7 Å². The van der Waals surface area contributed by atoms with Gasteiger partial charge in [-0.3, -0.25) is 14.6 Å². The minimum absolute atomic E-state index is 0.140. The summed E-state index contributed by atoms with van der Waals surface area (Å²) < 4.78 is 0. The van der Waals surface area contributed by atoms with Crippen LogP contribution in [0.1, 0.15) is 49.4 Å². The van der Waals surface area contributed by atoms with Gasteiger partial charge in [0.05, 0.1) is 12.0 Å².